The van der Waals surface area contributed by atoms with Gasteiger partial charge in [-0.15, -0.1) is 0 Å². The Morgan fingerprint density at radius 2 is 2.03 bits per heavy atom. The van der Waals surface area contributed by atoms with Crippen molar-refractivity contribution in [2.45, 2.75) is 32.9 Å². The first kappa shape index (κ1) is 21.1. The highest BCUT2D eigenvalue weighted by molar-refractivity contribution is 6.31. The Bertz CT molecular complexity index is 1200. The molecule has 1 aliphatic heterocycles. The van der Waals surface area contributed by atoms with E-state index in [0.717, 1.165) is 17.5 Å². The number of halogens is 2. The molecule has 0 radical (unpaired) electrons. The van der Waals surface area contributed by atoms with Gasteiger partial charge in [0.1, 0.15) is 18.2 Å². The molecule has 1 saturated heterocycles. The number of benzene rings is 2. The third kappa shape index (κ3) is 4.34. The normalized spacial score (nSPS) is 13.8. The molecule has 0 atom stereocenters. The number of hydrogen-bond donors (Lipinski definition) is 1. The third-order valence-electron chi connectivity index (χ3n) is 5.46. The molecule has 0 spiro atoms. The molecule has 0 aliphatic carbocycles. The maximum Gasteiger partial charge on any atom is 0.343 e. The molecule has 7 nitrogen and oxygen atoms in total. The van der Waals surface area contributed by atoms with E-state index in [1.807, 2.05) is 6.92 Å². The van der Waals surface area contributed by atoms with Gasteiger partial charge in [0.25, 0.3) is 0 Å². The van der Waals surface area contributed by atoms with E-state index in [9.17, 15) is 14.0 Å². The van der Waals surface area contributed by atoms with Gasteiger partial charge in [0.15, 0.2) is 5.82 Å². The number of aromatic amines is 1. The van der Waals surface area contributed by atoms with Gasteiger partial charge < -0.3 is 9.64 Å². The highest BCUT2D eigenvalue weighted by atomic mass is 35.5. The lowest BCUT2D eigenvalue weighted by molar-refractivity contribution is -0.128. The maximum absolute atomic E-state index is 14.8. The number of aryl methyl sites for hydroxylation is 1. The zero-order chi connectivity index (χ0) is 22.1. The third-order valence-corrected chi connectivity index (χ3v) is 5.86. The first-order chi connectivity index (χ1) is 14.8. The summed E-state index contributed by atoms with van der Waals surface area (Å²) in [6.45, 7) is 2.98. The Morgan fingerprint density at radius 1 is 1.23 bits per heavy atom. The number of rotatable bonds is 6. The lowest BCUT2D eigenvalue weighted by Gasteiger charge is -2.18. The number of aromatic nitrogens is 3. The van der Waals surface area contributed by atoms with E-state index >= 15 is 0 Å². The second-order valence-electron chi connectivity index (χ2n) is 7.62. The number of carbonyl (C=O) groups excluding carboxylic acids is 1. The molecule has 1 fully saturated rings. The van der Waals surface area contributed by atoms with Gasteiger partial charge in [-0.2, -0.15) is 5.10 Å². The van der Waals surface area contributed by atoms with Crippen molar-refractivity contribution >= 4 is 17.5 Å². The van der Waals surface area contributed by atoms with Gasteiger partial charge >= 0.3 is 5.69 Å². The van der Waals surface area contributed by atoms with E-state index in [-0.39, 0.29) is 18.2 Å². The summed E-state index contributed by atoms with van der Waals surface area (Å²) >= 11 is 6.34. The summed E-state index contributed by atoms with van der Waals surface area (Å²) in [6.07, 6.45) is 1.39. The monoisotopic (exact) mass is 444 g/mol. The van der Waals surface area contributed by atoms with Crippen molar-refractivity contribution in [2.24, 2.45) is 7.05 Å². The lowest BCUT2D eigenvalue weighted by Crippen LogP contribution is -2.23. The average Bonchev–Trinajstić information content (AvgIpc) is 3.29. The van der Waals surface area contributed by atoms with E-state index in [0.29, 0.717) is 47.2 Å². The van der Waals surface area contributed by atoms with Crippen LogP contribution in [0, 0.1) is 12.7 Å². The van der Waals surface area contributed by atoms with Crippen molar-refractivity contribution in [2.75, 3.05) is 6.54 Å². The summed E-state index contributed by atoms with van der Waals surface area (Å²) in [4.78, 5) is 25.3. The van der Waals surface area contributed by atoms with E-state index in [1.165, 1.54) is 10.6 Å². The second kappa shape index (κ2) is 8.55. The average molecular weight is 445 g/mol. The van der Waals surface area contributed by atoms with Crippen LogP contribution < -0.4 is 10.4 Å². The summed E-state index contributed by atoms with van der Waals surface area (Å²) in [6, 6.07) is 8.19. The first-order valence-electron chi connectivity index (χ1n) is 9.93. The van der Waals surface area contributed by atoms with Gasteiger partial charge in [-0.3, -0.25) is 9.36 Å². The highest BCUT2D eigenvalue weighted by Crippen LogP contribution is 2.37. The van der Waals surface area contributed by atoms with Crippen LogP contribution in [0.15, 0.2) is 35.1 Å². The van der Waals surface area contributed by atoms with Crippen molar-refractivity contribution < 1.29 is 13.9 Å². The number of likely N-dealkylation sites (tertiary alicyclic amines) is 1. The SMILES string of the molecule is Cc1cc(OCc2n[nH]c(=O)n2C)c(-c2cc(CN3CCCC3=O)ccc2F)cc1Cl. The number of amides is 1. The fourth-order valence-electron chi connectivity index (χ4n) is 3.60. The highest BCUT2D eigenvalue weighted by Gasteiger charge is 2.21. The Hall–Kier alpha value is -3.13. The molecular formula is C22H22ClFN4O3. The molecule has 31 heavy (non-hydrogen) atoms. The summed E-state index contributed by atoms with van der Waals surface area (Å²) in [5.74, 6) is 0.516. The fraction of sp³-hybridized carbons (Fsp3) is 0.318. The van der Waals surface area contributed by atoms with Crippen LogP contribution in [0.25, 0.3) is 11.1 Å². The van der Waals surface area contributed by atoms with Crippen LogP contribution in [-0.4, -0.2) is 32.1 Å². The first-order valence-corrected chi connectivity index (χ1v) is 10.3. The molecule has 9 heteroatoms. The summed E-state index contributed by atoms with van der Waals surface area (Å²) in [5, 5.41) is 6.77. The standard InChI is InChI=1S/C22H22ClFN4O3/c1-13-8-19(31-12-20-25-26-22(30)27(20)2)16(10-17(13)23)15-9-14(5-6-18(15)24)11-28-7-3-4-21(28)29/h5-6,8-10H,3-4,7,11-12H2,1-2H3,(H,26,30). The number of H-pyrrole nitrogens is 1. The van der Waals surface area contributed by atoms with Crippen molar-refractivity contribution in [3.63, 3.8) is 0 Å². The number of ether oxygens (including phenoxy) is 1. The molecule has 3 aromatic rings. The Balaban J connectivity index is 1.68. The Morgan fingerprint density at radius 3 is 2.71 bits per heavy atom. The molecule has 1 N–H and O–H groups in total. The molecule has 0 bridgehead atoms. The smallest absolute Gasteiger partial charge is 0.343 e. The minimum atomic E-state index is -0.423. The van der Waals surface area contributed by atoms with Gasteiger partial charge in [0, 0.05) is 42.7 Å². The van der Waals surface area contributed by atoms with E-state index < -0.39 is 5.82 Å². The summed E-state index contributed by atoms with van der Waals surface area (Å²) < 4.78 is 22.1. The lowest BCUT2D eigenvalue weighted by atomic mass is 9.99. The molecule has 2 heterocycles. The van der Waals surface area contributed by atoms with E-state index in [4.69, 9.17) is 16.3 Å². The van der Waals surface area contributed by atoms with Crippen LogP contribution in [-0.2, 0) is 25.0 Å². The van der Waals surface area contributed by atoms with Crippen molar-refractivity contribution in [1.82, 2.24) is 19.7 Å². The van der Waals surface area contributed by atoms with Gasteiger partial charge in [-0.25, -0.2) is 14.3 Å². The largest absolute Gasteiger partial charge is 0.485 e. The number of nitrogens with zero attached hydrogens (tertiary/aromatic N) is 3. The Kier molecular flexibility index (Phi) is 5.82. The summed E-state index contributed by atoms with van der Waals surface area (Å²) in [7, 11) is 1.58. The van der Waals surface area contributed by atoms with Crippen LogP contribution in [0.5, 0.6) is 5.75 Å². The molecule has 4 rings (SSSR count). The van der Waals surface area contributed by atoms with E-state index in [1.54, 1.807) is 36.2 Å². The van der Waals surface area contributed by atoms with Crippen molar-refractivity contribution in [3.8, 4) is 16.9 Å². The van der Waals surface area contributed by atoms with Gasteiger partial charge in [-0.1, -0.05) is 17.7 Å². The second-order valence-corrected chi connectivity index (χ2v) is 8.03. The van der Waals surface area contributed by atoms with E-state index in [2.05, 4.69) is 10.2 Å². The molecule has 0 saturated carbocycles. The van der Waals surface area contributed by atoms with Gasteiger partial charge in [0.05, 0.1) is 0 Å². The van der Waals surface area contributed by atoms with Crippen LogP contribution in [0.3, 0.4) is 0 Å². The quantitative estimate of drug-likeness (QED) is 0.630. The number of carbonyl (C=O) groups is 1. The predicted molar refractivity (Wildman–Crippen MR) is 114 cm³/mol. The van der Waals surface area contributed by atoms with Crippen LogP contribution in [0.1, 0.15) is 29.8 Å². The summed E-state index contributed by atoms with van der Waals surface area (Å²) in [5.41, 5.74) is 2.07. The zero-order valence-corrected chi connectivity index (χ0v) is 18.0. The number of hydrogen-bond acceptors (Lipinski definition) is 4. The zero-order valence-electron chi connectivity index (χ0n) is 17.2. The molecule has 162 valence electrons. The van der Waals surface area contributed by atoms with Crippen molar-refractivity contribution in [1.29, 1.82) is 0 Å². The van der Waals surface area contributed by atoms with Gasteiger partial charge in [-0.05, 0) is 48.7 Å². The fourth-order valence-corrected chi connectivity index (χ4v) is 3.77. The van der Waals surface area contributed by atoms with Crippen molar-refractivity contribution in [3.05, 3.63) is 68.6 Å². The predicted octanol–water partition coefficient (Wildman–Crippen LogP) is 3.58. The minimum Gasteiger partial charge on any atom is -0.485 e. The number of nitrogens with one attached hydrogen (secondary N) is 1. The Labute approximate surface area is 183 Å². The van der Waals surface area contributed by atoms with Crippen LogP contribution in [0.4, 0.5) is 4.39 Å². The molecular weight excluding hydrogens is 423 g/mol. The van der Waals surface area contributed by atoms with Crippen LogP contribution in [0.2, 0.25) is 5.02 Å². The van der Waals surface area contributed by atoms with Crippen LogP contribution >= 0.6 is 11.6 Å². The minimum absolute atomic E-state index is 0.0207. The molecule has 1 amide bonds. The molecule has 2 aromatic carbocycles. The molecule has 1 aromatic heterocycles. The molecule has 0 unspecified atom stereocenters. The van der Waals surface area contributed by atoms with Gasteiger partial charge in [0.2, 0.25) is 5.91 Å². The maximum atomic E-state index is 14.8. The topological polar surface area (TPSA) is 80.2 Å². The molecule has 1 aliphatic rings.